The number of amides is 3. The first-order chi connectivity index (χ1) is 14.5. The third-order valence-corrected chi connectivity index (χ3v) is 8.34. The summed E-state index contributed by atoms with van der Waals surface area (Å²) in [5.41, 5.74) is 1.47. The third-order valence-electron chi connectivity index (χ3n) is 5.22. The zero-order chi connectivity index (χ0) is 23.6. The number of carbonyl (C=O) groups excluding carboxylic acids is 3. The molecule has 170 valence electrons. The number of likely N-dealkylation sites (tertiary alicyclic amines) is 1. The Labute approximate surface area is 222 Å². The Kier molecular flexibility index (Phi) is 9.37. The highest BCUT2D eigenvalue weighted by molar-refractivity contribution is 14.1. The van der Waals surface area contributed by atoms with E-state index >= 15 is 0 Å². The summed E-state index contributed by atoms with van der Waals surface area (Å²) in [6.07, 6.45) is 1.02. The van der Waals surface area contributed by atoms with Crippen molar-refractivity contribution in [3.8, 4) is 0 Å². The second-order valence-electron chi connectivity index (χ2n) is 7.04. The molecule has 0 saturated carbocycles. The molecule has 31 heavy (non-hydrogen) atoms. The molecule has 0 bridgehead atoms. The second kappa shape index (κ2) is 10.9. The zero-order valence-electron chi connectivity index (χ0n) is 17.7. The van der Waals surface area contributed by atoms with Crippen LogP contribution in [0.4, 0.5) is 11.4 Å². The predicted molar refractivity (Wildman–Crippen MR) is 144 cm³/mol. The average Bonchev–Trinajstić information content (AvgIpc) is 3.17. The highest BCUT2D eigenvalue weighted by Crippen LogP contribution is 2.43. The Hall–Kier alpha value is -0.710. The van der Waals surface area contributed by atoms with Gasteiger partial charge in [-0.3, -0.25) is 14.4 Å². The largest absolute Gasteiger partial charge is 0.480 e. The van der Waals surface area contributed by atoms with Crippen molar-refractivity contribution in [1.82, 2.24) is 4.90 Å². The van der Waals surface area contributed by atoms with Gasteiger partial charge in [0.25, 0.3) is 5.91 Å². The van der Waals surface area contributed by atoms with Gasteiger partial charge < -0.3 is 19.8 Å². The highest BCUT2D eigenvalue weighted by atomic mass is 127. The van der Waals surface area contributed by atoms with Gasteiger partial charge in [0, 0.05) is 33.5 Å². The zero-order valence-corrected chi connectivity index (χ0v) is 24.1. The van der Waals surface area contributed by atoms with Crippen molar-refractivity contribution in [3.63, 3.8) is 0 Å². The van der Waals surface area contributed by atoms with Crippen LogP contribution >= 0.6 is 67.8 Å². The molecule has 1 aromatic rings. The number of carboxylic acids is 1. The number of halogens is 3. The summed E-state index contributed by atoms with van der Waals surface area (Å²) < 4.78 is 1.86. The van der Waals surface area contributed by atoms with Gasteiger partial charge in [0.2, 0.25) is 11.8 Å². The molecule has 0 radical (unpaired) electrons. The van der Waals surface area contributed by atoms with Crippen LogP contribution in [0.15, 0.2) is 0 Å². The average molecular weight is 767 g/mol. The maximum Gasteiger partial charge on any atom is 0.326 e. The summed E-state index contributed by atoms with van der Waals surface area (Å²) in [7, 11) is 0. The quantitative estimate of drug-likeness (QED) is 0.443. The van der Waals surface area contributed by atoms with Gasteiger partial charge >= 0.3 is 5.97 Å². The molecule has 1 N–H and O–H groups in total. The van der Waals surface area contributed by atoms with Crippen LogP contribution in [0.1, 0.15) is 50.9 Å². The molecule has 1 aromatic carbocycles. The molecular weight excluding hydrogens is 743 g/mol. The van der Waals surface area contributed by atoms with Crippen LogP contribution in [-0.4, -0.2) is 59.4 Å². The van der Waals surface area contributed by atoms with Gasteiger partial charge in [-0.2, -0.15) is 0 Å². The molecule has 1 fully saturated rings. The summed E-state index contributed by atoms with van der Waals surface area (Å²) in [5.74, 6) is -1.78. The van der Waals surface area contributed by atoms with E-state index in [1.165, 1.54) is 18.7 Å². The molecule has 1 aliphatic rings. The Morgan fingerprint density at radius 1 is 0.935 bits per heavy atom. The monoisotopic (exact) mass is 767 g/mol. The number of hydrogen-bond donors (Lipinski definition) is 1. The smallest absolute Gasteiger partial charge is 0.326 e. The van der Waals surface area contributed by atoms with E-state index in [1.54, 1.807) is 9.80 Å². The summed E-state index contributed by atoms with van der Waals surface area (Å²) >= 11 is 6.24. The van der Waals surface area contributed by atoms with E-state index < -0.39 is 17.9 Å². The Morgan fingerprint density at radius 3 is 1.74 bits per heavy atom. The number of rotatable bonds is 6. The van der Waals surface area contributed by atoms with Crippen LogP contribution in [0, 0.1) is 10.7 Å². The van der Waals surface area contributed by atoms with Crippen molar-refractivity contribution in [2.24, 2.45) is 0 Å². The van der Waals surface area contributed by atoms with E-state index in [9.17, 15) is 24.3 Å². The normalized spacial score (nSPS) is 15.7. The number of benzene rings is 1. The van der Waals surface area contributed by atoms with Gasteiger partial charge in [-0.25, -0.2) is 4.79 Å². The van der Waals surface area contributed by atoms with Crippen LogP contribution in [-0.2, 0) is 14.4 Å². The minimum atomic E-state index is -1.03. The standard InChI is InChI=1S/C20H24I3N3O5/c1-5-24(10(3)27)17-14(21)13(19(29)26-9-7-8-12(26)20(30)31)15(22)18(16(17)23)25(6-2)11(4)28/h12H,5-9H2,1-4H3,(H,30,31). The molecule has 1 aliphatic heterocycles. The molecule has 2 rings (SSSR count). The fourth-order valence-electron chi connectivity index (χ4n) is 3.79. The maximum absolute atomic E-state index is 13.6. The van der Waals surface area contributed by atoms with Crippen molar-refractivity contribution < 1.29 is 24.3 Å². The Bertz CT molecular complexity index is 888. The number of hydrogen-bond acceptors (Lipinski definition) is 4. The lowest BCUT2D eigenvalue weighted by Crippen LogP contribution is -2.42. The predicted octanol–water partition coefficient (Wildman–Crippen LogP) is 3.94. The van der Waals surface area contributed by atoms with Crippen LogP contribution in [0.25, 0.3) is 0 Å². The fourth-order valence-corrected chi connectivity index (χ4v) is 8.58. The number of carboxylic acid groups (broad SMARTS) is 1. The second-order valence-corrected chi connectivity index (χ2v) is 10.3. The lowest BCUT2D eigenvalue weighted by Gasteiger charge is -2.31. The molecule has 1 heterocycles. The van der Waals surface area contributed by atoms with E-state index in [1.807, 2.05) is 13.8 Å². The fraction of sp³-hybridized carbons (Fsp3) is 0.500. The van der Waals surface area contributed by atoms with Crippen LogP contribution in [0.2, 0.25) is 0 Å². The minimum Gasteiger partial charge on any atom is -0.480 e. The van der Waals surface area contributed by atoms with Gasteiger partial charge in [-0.1, -0.05) is 0 Å². The van der Waals surface area contributed by atoms with Gasteiger partial charge in [0.1, 0.15) is 6.04 Å². The summed E-state index contributed by atoms with van der Waals surface area (Å²) in [6, 6.07) is -0.879. The molecule has 0 aromatic heterocycles. The summed E-state index contributed by atoms with van der Waals surface area (Å²) in [6.45, 7) is 7.74. The molecule has 11 heteroatoms. The molecular formula is C20H24I3N3O5. The molecule has 0 spiro atoms. The first-order valence-electron chi connectivity index (χ1n) is 9.79. The number of anilines is 2. The van der Waals surface area contributed by atoms with Gasteiger partial charge in [-0.15, -0.1) is 0 Å². The number of aliphatic carboxylic acids is 1. The van der Waals surface area contributed by atoms with Crippen molar-refractivity contribution in [3.05, 3.63) is 16.3 Å². The lowest BCUT2D eigenvalue weighted by molar-refractivity contribution is -0.141. The Morgan fingerprint density at radius 2 is 1.39 bits per heavy atom. The van der Waals surface area contributed by atoms with Crippen LogP contribution in [0.5, 0.6) is 0 Å². The topological polar surface area (TPSA) is 98.2 Å². The molecule has 0 aliphatic carbocycles. The third kappa shape index (κ3) is 5.12. The van der Waals surface area contributed by atoms with Gasteiger partial charge in [0.05, 0.1) is 27.6 Å². The van der Waals surface area contributed by atoms with E-state index in [0.717, 1.165) is 0 Å². The van der Waals surface area contributed by atoms with Crippen molar-refractivity contribution in [2.75, 3.05) is 29.4 Å². The summed E-state index contributed by atoms with van der Waals surface area (Å²) in [5, 5.41) is 9.56. The van der Waals surface area contributed by atoms with Crippen LogP contribution in [0.3, 0.4) is 0 Å². The van der Waals surface area contributed by atoms with Crippen molar-refractivity contribution >= 4 is 103 Å². The molecule has 3 amide bonds. The first kappa shape index (κ1) is 26.5. The minimum absolute atomic E-state index is 0.181. The highest BCUT2D eigenvalue weighted by Gasteiger charge is 2.38. The first-order valence-corrected chi connectivity index (χ1v) is 13.0. The molecule has 1 atom stereocenters. The van der Waals surface area contributed by atoms with Crippen molar-refractivity contribution in [1.29, 1.82) is 0 Å². The van der Waals surface area contributed by atoms with Crippen molar-refractivity contribution in [2.45, 2.75) is 46.6 Å². The lowest BCUT2D eigenvalue weighted by atomic mass is 10.1. The SMILES string of the molecule is CCN(C(C)=O)c1c(I)c(C(=O)N2CCCC2C(=O)O)c(I)c(N(CC)C(C)=O)c1I. The number of nitrogens with zero attached hydrogens (tertiary/aromatic N) is 3. The Balaban J connectivity index is 2.87. The molecule has 8 nitrogen and oxygen atoms in total. The number of carbonyl (C=O) groups is 4. The van der Waals surface area contributed by atoms with E-state index in [-0.39, 0.29) is 11.8 Å². The van der Waals surface area contributed by atoms with Gasteiger partial charge in [0.15, 0.2) is 0 Å². The summed E-state index contributed by atoms with van der Waals surface area (Å²) in [4.78, 5) is 54.6. The maximum atomic E-state index is 13.6. The van der Waals surface area contributed by atoms with E-state index in [0.29, 0.717) is 60.1 Å². The van der Waals surface area contributed by atoms with Crippen LogP contribution < -0.4 is 9.80 Å². The molecule has 1 saturated heterocycles. The van der Waals surface area contributed by atoms with Gasteiger partial charge in [-0.05, 0) is 94.5 Å². The van der Waals surface area contributed by atoms with E-state index in [2.05, 4.69) is 67.8 Å². The molecule has 1 unspecified atom stereocenters. The van der Waals surface area contributed by atoms with E-state index in [4.69, 9.17) is 0 Å².